The van der Waals surface area contributed by atoms with E-state index in [2.05, 4.69) is 30.1 Å². The Morgan fingerprint density at radius 2 is 2.00 bits per heavy atom. The number of carbonyl (C=O) groups excluding carboxylic acids is 1. The van der Waals surface area contributed by atoms with Gasteiger partial charge in [0.15, 0.2) is 0 Å². The number of carbonyl (C=O) groups is 1. The number of nitrogens with zero attached hydrogens (tertiary/aromatic N) is 3. The lowest BCUT2D eigenvalue weighted by Crippen LogP contribution is -2.46. The molecule has 1 aliphatic heterocycles. The third-order valence-corrected chi connectivity index (χ3v) is 4.79. The summed E-state index contributed by atoms with van der Waals surface area (Å²) in [5, 5.41) is 2.55. The van der Waals surface area contributed by atoms with Crippen molar-refractivity contribution in [3.8, 4) is 0 Å². The standard InChI is InChI=1S/C18H20N6O4/c1-19-16(25)13-3-2-11(9-20-13)24-6-4-23(5-7-24)10-12-8-14-15(28-12)17(26)22-18(27)21-14/h2-3,8-9H,4-7,10H2,1H3,(H,19,25)(H2,21,22,26,27). The number of amides is 1. The maximum atomic E-state index is 11.8. The van der Waals surface area contributed by atoms with E-state index in [1.165, 1.54) is 0 Å². The van der Waals surface area contributed by atoms with Gasteiger partial charge < -0.3 is 19.6 Å². The van der Waals surface area contributed by atoms with E-state index in [0.717, 1.165) is 31.9 Å². The van der Waals surface area contributed by atoms with Crippen LogP contribution in [-0.4, -0.2) is 59.0 Å². The third kappa shape index (κ3) is 3.54. The average molecular weight is 384 g/mol. The summed E-state index contributed by atoms with van der Waals surface area (Å²) in [5.74, 6) is 0.426. The molecule has 4 heterocycles. The number of rotatable bonds is 4. The van der Waals surface area contributed by atoms with E-state index in [-0.39, 0.29) is 11.5 Å². The second-order valence-corrected chi connectivity index (χ2v) is 6.61. The first-order chi connectivity index (χ1) is 13.5. The van der Waals surface area contributed by atoms with Crippen LogP contribution in [0.25, 0.3) is 11.1 Å². The van der Waals surface area contributed by atoms with Crippen LogP contribution in [0.2, 0.25) is 0 Å². The van der Waals surface area contributed by atoms with Gasteiger partial charge in [-0.05, 0) is 12.1 Å². The van der Waals surface area contributed by atoms with Gasteiger partial charge in [0.05, 0.1) is 23.9 Å². The van der Waals surface area contributed by atoms with Gasteiger partial charge in [-0.15, -0.1) is 0 Å². The zero-order valence-corrected chi connectivity index (χ0v) is 15.3. The van der Waals surface area contributed by atoms with Crippen molar-refractivity contribution >= 4 is 22.7 Å². The van der Waals surface area contributed by atoms with Gasteiger partial charge in [0.25, 0.3) is 11.5 Å². The largest absolute Gasteiger partial charge is 0.452 e. The lowest BCUT2D eigenvalue weighted by atomic mass is 10.2. The van der Waals surface area contributed by atoms with Gasteiger partial charge in [-0.2, -0.15) is 0 Å². The number of aromatic amines is 2. The summed E-state index contributed by atoms with van der Waals surface area (Å²) in [6, 6.07) is 5.31. The van der Waals surface area contributed by atoms with Crippen molar-refractivity contribution in [2.24, 2.45) is 0 Å². The maximum Gasteiger partial charge on any atom is 0.326 e. The minimum Gasteiger partial charge on any atom is -0.452 e. The molecule has 1 saturated heterocycles. The highest BCUT2D eigenvalue weighted by atomic mass is 16.3. The van der Waals surface area contributed by atoms with E-state index in [1.807, 2.05) is 6.07 Å². The van der Waals surface area contributed by atoms with Crippen molar-refractivity contribution in [2.75, 3.05) is 38.1 Å². The van der Waals surface area contributed by atoms with E-state index < -0.39 is 11.2 Å². The third-order valence-electron chi connectivity index (χ3n) is 4.79. The highest BCUT2D eigenvalue weighted by Gasteiger charge is 2.20. The smallest absolute Gasteiger partial charge is 0.326 e. The van der Waals surface area contributed by atoms with Gasteiger partial charge in [0.2, 0.25) is 5.58 Å². The molecule has 0 aliphatic carbocycles. The van der Waals surface area contributed by atoms with Crippen LogP contribution in [0.3, 0.4) is 0 Å². The lowest BCUT2D eigenvalue weighted by Gasteiger charge is -2.35. The van der Waals surface area contributed by atoms with E-state index in [9.17, 15) is 14.4 Å². The van der Waals surface area contributed by atoms with Gasteiger partial charge in [-0.1, -0.05) is 0 Å². The molecule has 0 aromatic carbocycles. The van der Waals surface area contributed by atoms with Gasteiger partial charge in [0.1, 0.15) is 11.5 Å². The van der Waals surface area contributed by atoms with Crippen molar-refractivity contribution in [1.29, 1.82) is 0 Å². The van der Waals surface area contributed by atoms with Crippen molar-refractivity contribution in [2.45, 2.75) is 6.54 Å². The van der Waals surface area contributed by atoms with Crippen molar-refractivity contribution < 1.29 is 9.21 Å². The van der Waals surface area contributed by atoms with Gasteiger partial charge >= 0.3 is 5.69 Å². The number of pyridine rings is 1. The first-order valence-corrected chi connectivity index (χ1v) is 8.94. The van der Waals surface area contributed by atoms with Crippen LogP contribution < -0.4 is 21.5 Å². The van der Waals surface area contributed by atoms with Gasteiger partial charge in [-0.25, -0.2) is 9.78 Å². The number of nitrogens with one attached hydrogen (secondary N) is 3. The molecule has 0 radical (unpaired) electrons. The highest BCUT2D eigenvalue weighted by molar-refractivity contribution is 5.92. The predicted molar refractivity (Wildman–Crippen MR) is 103 cm³/mol. The fourth-order valence-electron chi connectivity index (χ4n) is 3.32. The van der Waals surface area contributed by atoms with Crippen molar-refractivity contribution in [3.05, 3.63) is 56.7 Å². The summed E-state index contributed by atoms with van der Waals surface area (Å²) in [4.78, 5) is 48.1. The van der Waals surface area contributed by atoms with Crippen molar-refractivity contribution in [3.63, 3.8) is 0 Å². The molecule has 4 rings (SSSR count). The minimum atomic E-state index is -0.547. The molecule has 1 aliphatic rings. The lowest BCUT2D eigenvalue weighted by molar-refractivity contribution is 0.0958. The number of hydrogen-bond donors (Lipinski definition) is 3. The number of furan rings is 1. The molecule has 1 amide bonds. The van der Waals surface area contributed by atoms with Crippen LogP contribution in [0.15, 0.2) is 38.4 Å². The molecule has 146 valence electrons. The summed E-state index contributed by atoms with van der Waals surface area (Å²) in [7, 11) is 1.58. The molecular formula is C18H20N6O4. The number of piperazine rings is 1. The van der Waals surface area contributed by atoms with Crippen LogP contribution in [0.4, 0.5) is 5.69 Å². The van der Waals surface area contributed by atoms with Gasteiger partial charge in [0, 0.05) is 39.3 Å². The molecule has 0 saturated carbocycles. The van der Waals surface area contributed by atoms with Crippen LogP contribution in [0.5, 0.6) is 0 Å². The van der Waals surface area contributed by atoms with Crippen LogP contribution in [0, 0.1) is 0 Å². The highest BCUT2D eigenvalue weighted by Crippen LogP contribution is 2.19. The topological polar surface area (TPSA) is 127 Å². The molecule has 3 N–H and O–H groups in total. The maximum absolute atomic E-state index is 11.8. The zero-order valence-electron chi connectivity index (χ0n) is 15.3. The molecule has 0 spiro atoms. The molecule has 28 heavy (non-hydrogen) atoms. The Labute approximate surface area is 159 Å². The molecular weight excluding hydrogens is 364 g/mol. The minimum absolute atomic E-state index is 0.135. The Balaban J connectivity index is 1.39. The quantitative estimate of drug-likeness (QED) is 0.572. The first-order valence-electron chi connectivity index (χ1n) is 8.94. The van der Waals surface area contributed by atoms with Gasteiger partial charge in [-0.3, -0.25) is 19.5 Å². The molecule has 3 aromatic rings. The second-order valence-electron chi connectivity index (χ2n) is 6.61. The summed E-state index contributed by atoms with van der Waals surface area (Å²) in [5.41, 5.74) is 0.833. The van der Waals surface area contributed by atoms with E-state index in [1.54, 1.807) is 25.4 Å². The monoisotopic (exact) mass is 384 g/mol. The summed E-state index contributed by atoms with van der Waals surface area (Å²) >= 11 is 0. The van der Waals surface area contributed by atoms with E-state index in [4.69, 9.17) is 4.42 Å². The number of hydrogen-bond acceptors (Lipinski definition) is 7. The number of H-pyrrole nitrogens is 2. The average Bonchev–Trinajstić information content (AvgIpc) is 3.11. The second kappa shape index (κ2) is 7.31. The Morgan fingerprint density at radius 3 is 2.68 bits per heavy atom. The summed E-state index contributed by atoms with van der Waals surface area (Å²) in [6.07, 6.45) is 1.71. The Kier molecular flexibility index (Phi) is 4.70. The first kappa shape index (κ1) is 18.0. The number of anilines is 1. The fraction of sp³-hybridized carbons (Fsp3) is 0.333. The van der Waals surface area contributed by atoms with Crippen LogP contribution in [0.1, 0.15) is 16.2 Å². The fourth-order valence-corrected chi connectivity index (χ4v) is 3.32. The molecule has 0 unspecified atom stereocenters. The molecule has 3 aromatic heterocycles. The van der Waals surface area contributed by atoms with E-state index in [0.29, 0.717) is 23.5 Å². The molecule has 0 atom stereocenters. The molecule has 10 nitrogen and oxygen atoms in total. The molecule has 10 heteroatoms. The summed E-state index contributed by atoms with van der Waals surface area (Å²) in [6.45, 7) is 3.78. The van der Waals surface area contributed by atoms with Crippen LogP contribution >= 0.6 is 0 Å². The van der Waals surface area contributed by atoms with E-state index >= 15 is 0 Å². The SMILES string of the molecule is CNC(=O)c1ccc(N2CCN(Cc3cc4[nH]c(=O)[nH]c(=O)c4o3)CC2)cn1. The van der Waals surface area contributed by atoms with Crippen molar-refractivity contribution in [1.82, 2.24) is 25.2 Å². The molecule has 1 fully saturated rings. The normalized spacial score (nSPS) is 15.1. The predicted octanol–water partition coefficient (Wildman–Crippen LogP) is -0.114. The Morgan fingerprint density at radius 1 is 1.21 bits per heavy atom. The molecule has 0 bridgehead atoms. The Bertz CT molecular complexity index is 1110. The zero-order chi connectivity index (χ0) is 19.7. The number of aromatic nitrogens is 3. The summed E-state index contributed by atoms with van der Waals surface area (Å²) < 4.78 is 5.60. The Hall–Kier alpha value is -3.40. The van der Waals surface area contributed by atoms with Crippen LogP contribution in [-0.2, 0) is 6.54 Å². The number of fused-ring (bicyclic) bond motifs is 1.